The lowest BCUT2D eigenvalue weighted by molar-refractivity contribution is 0.0328. The lowest BCUT2D eigenvalue weighted by atomic mass is 9.91. The second-order valence-electron chi connectivity index (χ2n) is 8.04. The van der Waals surface area contributed by atoms with Crippen LogP contribution in [0, 0.1) is 11.8 Å². The van der Waals surface area contributed by atoms with Gasteiger partial charge in [0, 0.05) is 38.3 Å². The minimum Gasteiger partial charge on any atom is -0.390 e. The molecule has 138 valence electrons. The third kappa shape index (κ3) is 3.75. The van der Waals surface area contributed by atoms with Gasteiger partial charge in [-0.3, -0.25) is 9.69 Å². The summed E-state index contributed by atoms with van der Waals surface area (Å²) in [4.78, 5) is 16.0. The molecule has 2 fully saturated rings. The minimum absolute atomic E-state index is 0.158. The summed E-state index contributed by atoms with van der Waals surface area (Å²) in [7, 11) is 0. The number of hydrogen-bond donors (Lipinski definition) is 3. The van der Waals surface area contributed by atoms with Crippen LogP contribution in [0.25, 0.3) is 0 Å². The molecule has 1 aromatic heterocycles. The summed E-state index contributed by atoms with van der Waals surface area (Å²) >= 11 is 0. The third-order valence-electron chi connectivity index (χ3n) is 5.94. The molecule has 3 atom stereocenters. The first-order chi connectivity index (χ1) is 12.5. The maximum atomic E-state index is 11.1. The molecule has 5 heteroatoms. The normalized spacial score (nSPS) is 25.9. The van der Waals surface area contributed by atoms with Gasteiger partial charge in [-0.25, -0.2) is 0 Å². The Kier molecular flexibility index (Phi) is 4.69. The molecule has 1 unspecified atom stereocenters. The highest BCUT2D eigenvalue weighted by Crippen LogP contribution is 2.45. The van der Waals surface area contributed by atoms with Crippen LogP contribution >= 0.6 is 0 Å². The monoisotopic (exact) mass is 354 g/mol. The van der Waals surface area contributed by atoms with E-state index in [1.165, 1.54) is 11.6 Å². The van der Waals surface area contributed by atoms with Gasteiger partial charge < -0.3 is 15.2 Å². The van der Waals surface area contributed by atoms with Crippen molar-refractivity contribution in [1.82, 2.24) is 9.88 Å². The molecule has 0 amide bonds. The summed E-state index contributed by atoms with van der Waals surface area (Å²) in [5, 5.41) is 21.4. The summed E-state index contributed by atoms with van der Waals surface area (Å²) in [5.74, 6) is 0.984. The molecule has 5 nitrogen and oxygen atoms in total. The van der Waals surface area contributed by atoms with Crippen molar-refractivity contribution in [2.24, 2.45) is 11.8 Å². The standard InChI is InChI=1S/C21H26N2O3/c24-19(16-6-7-20(25)22-11-16)14-23-12-17-9-21(26,10-18(17)13-23)8-15-4-2-1-3-5-15/h1-7,11,17-19,24,26H,8-10,12-14H2,(H,22,25)/t17-,18-,19?/m0/s1. The van der Waals surface area contributed by atoms with Gasteiger partial charge in [0.1, 0.15) is 0 Å². The largest absolute Gasteiger partial charge is 0.390 e. The molecule has 0 bridgehead atoms. The van der Waals surface area contributed by atoms with E-state index in [1.54, 1.807) is 12.3 Å². The van der Waals surface area contributed by atoms with Crippen LogP contribution in [0.5, 0.6) is 0 Å². The molecule has 1 saturated heterocycles. The molecule has 0 radical (unpaired) electrons. The number of aliphatic hydroxyl groups excluding tert-OH is 1. The van der Waals surface area contributed by atoms with Crippen LogP contribution in [0.4, 0.5) is 0 Å². The van der Waals surface area contributed by atoms with E-state index >= 15 is 0 Å². The van der Waals surface area contributed by atoms with Crippen molar-refractivity contribution in [3.63, 3.8) is 0 Å². The van der Waals surface area contributed by atoms with E-state index in [-0.39, 0.29) is 5.56 Å². The summed E-state index contributed by atoms with van der Waals surface area (Å²) in [5.41, 5.74) is 1.18. The average molecular weight is 354 g/mol. The van der Waals surface area contributed by atoms with E-state index in [0.29, 0.717) is 18.4 Å². The Hall–Kier alpha value is -1.95. The SMILES string of the molecule is O=c1ccc(C(O)CN2C[C@@H]3CC(O)(Cc4ccccc4)C[C@H]3C2)c[nH]1. The Morgan fingerprint density at radius 1 is 1.12 bits per heavy atom. The molecule has 1 aliphatic carbocycles. The topological polar surface area (TPSA) is 76.6 Å². The highest BCUT2D eigenvalue weighted by molar-refractivity contribution is 5.19. The summed E-state index contributed by atoms with van der Waals surface area (Å²) in [6.45, 7) is 2.40. The minimum atomic E-state index is -0.603. The van der Waals surface area contributed by atoms with E-state index in [0.717, 1.165) is 37.9 Å². The Balaban J connectivity index is 1.33. The molecule has 26 heavy (non-hydrogen) atoms. The Morgan fingerprint density at radius 3 is 2.42 bits per heavy atom. The number of nitrogens with zero attached hydrogens (tertiary/aromatic N) is 1. The zero-order valence-electron chi connectivity index (χ0n) is 14.8. The smallest absolute Gasteiger partial charge is 0.247 e. The lowest BCUT2D eigenvalue weighted by Gasteiger charge is -2.27. The molecule has 2 heterocycles. The summed E-state index contributed by atoms with van der Waals surface area (Å²) < 4.78 is 0. The quantitative estimate of drug-likeness (QED) is 0.764. The Morgan fingerprint density at radius 2 is 1.81 bits per heavy atom. The maximum Gasteiger partial charge on any atom is 0.247 e. The van der Waals surface area contributed by atoms with Crippen LogP contribution in [-0.2, 0) is 6.42 Å². The van der Waals surface area contributed by atoms with Crippen LogP contribution in [0.1, 0.15) is 30.1 Å². The van der Waals surface area contributed by atoms with Crippen LogP contribution in [-0.4, -0.2) is 45.3 Å². The van der Waals surface area contributed by atoms with E-state index in [1.807, 2.05) is 18.2 Å². The van der Waals surface area contributed by atoms with Crippen molar-refractivity contribution in [3.05, 3.63) is 70.1 Å². The number of H-pyrrole nitrogens is 1. The second kappa shape index (κ2) is 6.99. The molecule has 0 spiro atoms. The molecule has 2 aliphatic rings. The van der Waals surface area contributed by atoms with Crippen molar-refractivity contribution in [2.45, 2.75) is 31.0 Å². The van der Waals surface area contributed by atoms with Crippen LogP contribution in [0.3, 0.4) is 0 Å². The van der Waals surface area contributed by atoms with E-state index in [9.17, 15) is 15.0 Å². The Bertz CT molecular complexity index is 770. The molecule has 2 aromatic rings. The lowest BCUT2D eigenvalue weighted by Crippen LogP contribution is -2.33. The summed E-state index contributed by atoms with van der Waals surface area (Å²) in [6, 6.07) is 13.3. The maximum absolute atomic E-state index is 11.1. The fourth-order valence-electron chi connectivity index (χ4n) is 4.81. The molecule has 1 aliphatic heterocycles. The fraction of sp³-hybridized carbons (Fsp3) is 0.476. The number of likely N-dealkylation sites (tertiary alicyclic amines) is 1. The van der Waals surface area contributed by atoms with Gasteiger partial charge in [0.2, 0.25) is 5.56 Å². The predicted molar refractivity (Wildman–Crippen MR) is 99.8 cm³/mol. The number of aromatic amines is 1. The molecular weight excluding hydrogens is 328 g/mol. The van der Waals surface area contributed by atoms with Gasteiger partial charge in [-0.05, 0) is 41.9 Å². The number of β-amino-alcohol motifs (C(OH)–C–C–N with tert-alkyl or cyclic N) is 1. The third-order valence-corrected chi connectivity index (χ3v) is 5.94. The zero-order chi connectivity index (χ0) is 18.1. The van der Waals surface area contributed by atoms with E-state index in [4.69, 9.17) is 0 Å². The molecule has 4 rings (SSSR count). The van der Waals surface area contributed by atoms with Crippen molar-refractivity contribution < 1.29 is 10.2 Å². The van der Waals surface area contributed by atoms with Crippen molar-refractivity contribution in [1.29, 1.82) is 0 Å². The average Bonchev–Trinajstić information content (AvgIpc) is 3.10. The van der Waals surface area contributed by atoms with E-state index in [2.05, 4.69) is 22.0 Å². The zero-order valence-corrected chi connectivity index (χ0v) is 14.8. The van der Waals surface area contributed by atoms with Gasteiger partial charge in [-0.2, -0.15) is 0 Å². The molecule has 1 saturated carbocycles. The first-order valence-electron chi connectivity index (χ1n) is 9.36. The van der Waals surface area contributed by atoms with Gasteiger partial charge in [0.25, 0.3) is 0 Å². The molecule has 1 aromatic carbocycles. The number of pyridine rings is 1. The number of fused-ring (bicyclic) bond motifs is 1. The van der Waals surface area contributed by atoms with Gasteiger partial charge in [-0.1, -0.05) is 30.3 Å². The van der Waals surface area contributed by atoms with Crippen molar-refractivity contribution >= 4 is 0 Å². The Labute approximate surface area is 153 Å². The number of hydrogen-bond acceptors (Lipinski definition) is 4. The van der Waals surface area contributed by atoms with Gasteiger partial charge in [0.05, 0.1) is 11.7 Å². The van der Waals surface area contributed by atoms with Crippen LogP contribution in [0.15, 0.2) is 53.5 Å². The second-order valence-corrected chi connectivity index (χ2v) is 8.04. The number of aromatic nitrogens is 1. The number of rotatable bonds is 5. The van der Waals surface area contributed by atoms with Crippen LogP contribution < -0.4 is 5.56 Å². The highest BCUT2D eigenvalue weighted by atomic mass is 16.3. The highest BCUT2D eigenvalue weighted by Gasteiger charge is 2.48. The number of aliphatic hydroxyl groups is 2. The fourth-order valence-corrected chi connectivity index (χ4v) is 4.81. The molecule has 3 N–H and O–H groups in total. The van der Waals surface area contributed by atoms with Crippen molar-refractivity contribution in [2.75, 3.05) is 19.6 Å². The first kappa shape index (κ1) is 17.5. The number of nitrogens with one attached hydrogen (secondary N) is 1. The molecular formula is C21H26N2O3. The van der Waals surface area contributed by atoms with Crippen molar-refractivity contribution in [3.8, 4) is 0 Å². The van der Waals surface area contributed by atoms with Gasteiger partial charge >= 0.3 is 0 Å². The number of benzene rings is 1. The van der Waals surface area contributed by atoms with Crippen LogP contribution in [0.2, 0.25) is 0 Å². The summed E-state index contributed by atoms with van der Waals surface area (Å²) in [6.07, 6.45) is 3.37. The van der Waals surface area contributed by atoms with Gasteiger partial charge in [-0.15, -0.1) is 0 Å². The van der Waals surface area contributed by atoms with E-state index < -0.39 is 11.7 Å². The first-order valence-corrected chi connectivity index (χ1v) is 9.36. The predicted octanol–water partition coefficient (Wildman–Crippen LogP) is 1.72. The van der Waals surface area contributed by atoms with Gasteiger partial charge in [0.15, 0.2) is 0 Å².